The Balaban J connectivity index is 1.46. The van der Waals surface area contributed by atoms with Gasteiger partial charge in [-0.25, -0.2) is 9.52 Å². The fourth-order valence-electron chi connectivity index (χ4n) is 4.22. The fraction of sp³-hybridized carbons (Fsp3) is 0.500. The molecule has 2 N–H and O–H groups in total. The van der Waals surface area contributed by atoms with E-state index in [9.17, 15) is 13.6 Å². The SMILES string of the molecule is CCN(C(=O)NC(C)(C)C)C1CCN(Cc2ccc(Oc3ccc(CNS(=O)[O-])cc3)cc2)CC1. The van der Waals surface area contributed by atoms with E-state index in [4.69, 9.17) is 4.74 Å². The summed E-state index contributed by atoms with van der Waals surface area (Å²) in [4.78, 5) is 17.1. The molecule has 9 heteroatoms. The molecule has 3 rings (SSSR count). The topological polar surface area (TPSA) is 97.0 Å². The van der Waals surface area contributed by atoms with E-state index in [0.29, 0.717) is 12.3 Å². The van der Waals surface area contributed by atoms with Crippen LogP contribution in [-0.4, -0.2) is 55.8 Å². The Morgan fingerprint density at radius 1 is 1.06 bits per heavy atom. The number of carbonyl (C=O) groups is 1. The first-order chi connectivity index (χ1) is 16.6. The lowest BCUT2D eigenvalue weighted by Gasteiger charge is -2.39. The summed E-state index contributed by atoms with van der Waals surface area (Å²) in [5.41, 5.74) is 1.85. The Morgan fingerprint density at radius 3 is 2.09 bits per heavy atom. The minimum atomic E-state index is -2.27. The predicted molar refractivity (Wildman–Crippen MR) is 138 cm³/mol. The molecular weight excluding hydrogens is 464 g/mol. The molecular formula is C26H37N4O4S-. The second kappa shape index (κ2) is 12.5. The largest absolute Gasteiger partial charge is 0.760 e. The average Bonchev–Trinajstić information content (AvgIpc) is 2.80. The molecule has 1 saturated heterocycles. The molecule has 192 valence electrons. The summed E-state index contributed by atoms with van der Waals surface area (Å²) in [6, 6.07) is 15.7. The number of benzene rings is 2. The zero-order valence-corrected chi connectivity index (χ0v) is 21.9. The van der Waals surface area contributed by atoms with Crippen molar-refractivity contribution in [2.45, 2.75) is 65.2 Å². The van der Waals surface area contributed by atoms with Crippen LogP contribution in [0, 0.1) is 0 Å². The number of amides is 2. The molecule has 1 unspecified atom stereocenters. The van der Waals surface area contributed by atoms with Gasteiger partial charge in [-0.2, -0.15) is 0 Å². The molecule has 2 aromatic rings. The van der Waals surface area contributed by atoms with Gasteiger partial charge < -0.3 is 19.5 Å². The minimum Gasteiger partial charge on any atom is -0.760 e. The van der Waals surface area contributed by atoms with Crippen LogP contribution in [0.1, 0.15) is 51.7 Å². The number of likely N-dealkylation sites (tertiary alicyclic amines) is 1. The van der Waals surface area contributed by atoms with Crippen LogP contribution in [0.2, 0.25) is 0 Å². The van der Waals surface area contributed by atoms with Crippen LogP contribution in [0.5, 0.6) is 11.5 Å². The highest BCUT2D eigenvalue weighted by Crippen LogP contribution is 2.24. The zero-order valence-electron chi connectivity index (χ0n) is 21.1. The highest BCUT2D eigenvalue weighted by atomic mass is 32.2. The van der Waals surface area contributed by atoms with E-state index in [1.807, 2.05) is 69.0 Å². The number of hydrogen-bond donors (Lipinski definition) is 2. The number of carbonyl (C=O) groups excluding carboxylic acids is 1. The maximum absolute atomic E-state index is 12.7. The third kappa shape index (κ3) is 8.92. The van der Waals surface area contributed by atoms with Crippen LogP contribution in [-0.2, 0) is 24.4 Å². The Bertz CT molecular complexity index is 968. The molecule has 1 fully saturated rings. The zero-order chi connectivity index (χ0) is 25.4. The minimum absolute atomic E-state index is 0.0271. The van der Waals surface area contributed by atoms with Gasteiger partial charge in [0.2, 0.25) is 0 Å². The van der Waals surface area contributed by atoms with Crippen molar-refractivity contribution in [3.63, 3.8) is 0 Å². The van der Waals surface area contributed by atoms with E-state index in [2.05, 4.69) is 27.1 Å². The smallest absolute Gasteiger partial charge is 0.318 e. The molecule has 8 nitrogen and oxygen atoms in total. The van der Waals surface area contributed by atoms with Gasteiger partial charge in [0.05, 0.1) is 0 Å². The maximum Gasteiger partial charge on any atom is 0.318 e. The van der Waals surface area contributed by atoms with Crippen LogP contribution < -0.4 is 14.8 Å². The van der Waals surface area contributed by atoms with E-state index in [-0.39, 0.29) is 24.2 Å². The summed E-state index contributed by atoms with van der Waals surface area (Å²) in [5, 5.41) is 3.09. The predicted octanol–water partition coefficient (Wildman–Crippen LogP) is 4.16. The van der Waals surface area contributed by atoms with Crippen molar-refractivity contribution in [2.75, 3.05) is 19.6 Å². The van der Waals surface area contributed by atoms with Gasteiger partial charge in [0, 0.05) is 55.6 Å². The average molecular weight is 502 g/mol. The first-order valence-corrected chi connectivity index (χ1v) is 13.2. The number of ether oxygens (including phenoxy) is 1. The van der Waals surface area contributed by atoms with Crippen LogP contribution in [0.4, 0.5) is 4.79 Å². The summed E-state index contributed by atoms with van der Waals surface area (Å²) in [5.74, 6) is 1.45. The van der Waals surface area contributed by atoms with Crippen molar-refractivity contribution in [3.8, 4) is 11.5 Å². The number of piperidine rings is 1. The lowest BCUT2D eigenvalue weighted by Crippen LogP contribution is -2.54. The van der Waals surface area contributed by atoms with Crippen molar-refractivity contribution in [2.24, 2.45) is 0 Å². The molecule has 0 aliphatic carbocycles. The van der Waals surface area contributed by atoms with Gasteiger partial charge in [0.25, 0.3) is 0 Å². The first kappa shape index (κ1) is 27.1. The molecule has 0 bridgehead atoms. The van der Waals surface area contributed by atoms with E-state index >= 15 is 0 Å². The van der Waals surface area contributed by atoms with E-state index in [1.54, 1.807) is 0 Å². The Morgan fingerprint density at radius 2 is 1.60 bits per heavy atom. The van der Waals surface area contributed by atoms with E-state index in [1.165, 1.54) is 5.56 Å². The quantitative estimate of drug-likeness (QED) is 0.503. The van der Waals surface area contributed by atoms with Crippen molar-refractivity contribution in [1.82, 2.24) is 19.8 Å². The lowest BCUT2D eigenvalue weighted by atomic mass is 10.0. The van der Waals surface area contributed by atoms with Crippen molar-refractivity contribution in [1.29, 1.82) is 0 Å². The number of rotatable bonds is 9. The highest BCUT2D eigenvalue weighted by Gasteiger charge is 2.28. The molecule has 0 radical (unpaired) electrons. The van der Waals surface area contributed by atoms with Gasteiger partial charge in [-0.3, -0.25) is 9.11 Å². The maximum atomic E-state index is 12.7. The summed E-state index contributed by atoms with van der Waals surface area (Å²) in [7, 11) is 0. The van der Waals surface area contributed by atoms with Crippen molar-refractivity contribution >= 4 is 17.3 Å². The highest BCUT2D eigenvalue weighted by molar-refractivity contribution is 7.77. The fourth-order valence-corrected chi connectivity index (χ4v) is 4.51. The van der Waals surface area contributed by atoms with Gasteiger partial charge >= 0.3 is 6.03 Å². The molecule has 2 amide bonds. The molecule has 1 heterocycles. The first-order valence-electron chi connectivity index (χ1n) is 12.1. The van der Waals surface area contributed by atoms with Crippen LogP contribution in [0.25, 0.3) is 0 Å². The van der Waals surface area contributed by atoms with Gasteiger partial charge in [-0.15, -0.1) is 0 Å². The molecule has 2 aromatic carbocycles. The number of urea groups is 1. The lowest BCUT2D eigenvalue weighted by molar-refractivity contribution is 0.116. The number of nitrogens with one attached hydrogen (secondary N) is 2. The normalized spacial score (nSPS) is 16.0. The van der Waals surface area contributed by atoms with Crippen molar-refractivity contribution in [3.05, 3.63) is 59.7 Å². The second-order valence-corrected chi connectivity index (χ2v) is 10.7. The summed E-state index contributed by atoms with van der Waals surface area (Å²) < 4.78 is 29.5. The Kier molecular flexibility index (Phi) is 9.68. The summed E-state index contributed by atoms with van der Waals surface area (Å²) in [6.07, 6.45) is 1.95. The Labute approximate surface area is 211 Å². The van der Waals surface area contributed by atoms with Gasteiger partial charge in [-0.1, -0.05) is 24.3 Å². The third-order valence-corrected chi connectivity index (χ3v) is 6.34. The summed E-state index contributed by atoms with van der Waals surface area (Å²) >= 11 is -2.27. The monoisotopic (exact) mass is 501 g/mol. The van der Waals surface area contributed by atoms with Gasteiger partial charge in [0.15, 0.2) is 0 Å². The third-order valence-electron chi connectivity index (χ3n) is 5.96. The number of hydrogen-bond acceptors (Lipinski definition) is 5. The molecule has 1 aliphatic rings. The molecule has 0 spiro atoms. The second-order valence-electron chi connectivity index (χ2n) is 9.92. The Hall–Kier alpha value is -2.46. The van der Waals surface area contributed by atoms with Gasteiger partial charge in [0.1, 0.15) is 11.5 Å². The molecule has 35 heavy (non-hydrogen) atoms. The van der Waals surface area contributed by atoms with Crippen LogP contribution in [0.15, 0.2) is 48.5 Å². The van der Waals surface area contributed by atoms with Crippen LogP contribution >= 0.6 is 0 Å². The molecule has 1 aliphatic heterocycles. The van der Waals surface area contributed by atoms with Crippen molar-refractivity contribution < 1.29 is 18.3 Å². The van der Waals surface area contributed by atoms with Crippen LogP contribution in [0.3, 0.4) is 0 Å². The van der Waals surface area contributed by atoms with Gasteiger partial charge in [-0.05, 0) is 75.9 Å². The molecule has 1 atom stereocenters. The standard InChI is InChI=1S/C26H38N4O4S/c1-5-30(25(31)28-26(2,3)4)22-14-16-29(17-15-22)19-21-8-12-24(13-9-21)34-23-10-6-20(7-11-23)18-27-35(32)33/h6-13,22,27H,5,14-19H2,1-4H3,(H,28,31)(H,32,33)/p-1. The number of nitrogens with zero attached hydrogens (tertiary/aromatic N) is 2. The van der Waals surface area contributed by atoms with E-state index < -0.39 is 11.3 Å². The summed E-state index contributed by atoms with van der Waals surface area (Å²) in [6.45, 7) is 11.8. The van der Waals surface area contributed by atoms with E-state index in [0.717, 1.165) is 43.8 Å². The molecule has 0 saturated carbocycles. The molecule has 0 aromatic heterocycles.